The van der Waals surface area contributed by atoms with Crippen LogP contribution in [0.5, 0.6) is 5.75 Å². The van der Waals surface area contributed by atoms with Gasteiger partial charge in [0, 0.05) is 41.0 Å². The molecule has 4 rings (SSSR count). The molecule has 8 nitrogen and oxygen atoms in total. The van der Waals surface area contributed by atoms with Gasteiger partial charge in [0.25, 0.3) is 11.8 Å². The maximum absolute atomic E-state index is 13.4. The molecule has 4 aromatic rings. The Labute approximate surface area is 266 Å². The number of nitrogens with one attached hydrogen (secondary N) is 3. The number of carbonyl (C=O) groups is 3. The van der Waals surface area contributed by atoms with Gasteiger partial charge in [-0.2, -0.15) is 0 Å². The minimum absolute atomic E-state index is 0.0941. The molecule has 0 aliphatic heterocycles. The lowest BCUT2D eigenvalue weighted by atomic mass is 10.1. The van der Waals surface area contributed by atoms with Gasteiger partial charge in [0.15, 0.2) is 0 Å². The predicted octanol–water partition coefficient (Wildman–Crippen LogP) is 6.94. The van der Waals surface area contributed by atoms with Crippen LogP contribution in [0.3, 0.4) is 0 Å². The number of ether oxygens (including phenoxy) is 1. The first-order chi connectivity index (χ1) is 21.1. The summed E-state index contributed by atoms with van der Waals surface area (Å²) in [7, 11) is 5.42. The van der Waals surface area contributed by atoms with Crippen LogP contribution in [-0.2, 0) is 9.59 Å². The summed E-state index contributed by atoms with van der Waals surface area (Å²) >= 11 is 7.44. The summed E-state index contributed by atoms with van der Waals surface area (Å²) in [6.07, 6.45) is 1.63. The van der Waals surface area contributed by atoms with Gasteiger partial charge in [0.2, 0.25) is 5.91 Å². The molecular formula is C34H33ClN4O4S. The van der Waals surface area contributed by atoms with Crippen molar-refractivity contribution >= 4 is 64.2 Å². The number of nitrogens with zero attached hydrogens (tertiary/aromatic N) is 1. The molecule has 44 heavy (non-hydrogen) atoms. The second-order valence-electron chi connectivity index (χ2n) is 9.94. The minimum Gasteiger partial charge on any atom is -0.495 e. The Hall–Kier alpha value is -4.73. The van der Waals surface area contributed by atoms with Crippen molar-refractivity contribution in [1.82, 2.24) is 5.32 Å². The molecule has 4 aromatic carbocycles. The third-order valence-corrected chi connectivity index (χ3v) is 7.81. The van der Waals surface area contributed by atoms with E-state index in [4.69, 9.17) is 16.3 Å². The van der Waals surface area contributed by atoms with Crippen molar-refractivity contribution < 1.29 is 19.1 Å². The lowest BCUT2D eigenvalue weighted by Gasteiger charge is -2.15. The van der Waals surface area contributed by atoms with Gasteiger partial charge in [0.05, 0.1) is 18.0 Å². The molecule has 1 atom stereocenters. The molecule has 0 aromatic heterocycles. The first-order valence-corrected chi connectivity index (χ1v) is 15.0. The maximum Gasteiger partial charge on any atom is 0.272 e. The second kappa shape index (κ2) is 15.1. The Bertz CT molecular complexity index is 1640. The molecule has 0 fully saturated rings. The number of carbonyl (C=O) groups excluding carboxylic acids is 3. The van der Waals surface area contributed by atoms with Crippen molar-refractivity contribution in [2.75, 3.05) is 36.7 Å². The van der Waals surface area contributed by atoms with Crippen LogP contribution in [0, 0.1) is 0 Å². The number of anilines is 3. The molecule has 0 heterocycles. The topological polar surface area (TPSA) is 99.8 Å². The fourth-order valence-corrected chi connectivity index (χ4v) is 5.10. The SMILES string of the molecule is COc1ccc(Cl)cc1NC(=O)C(C)Sc1ccc(NC(=O)/C(=C/c2ccc(N(C)C)cc2)NC(=O)c2ccccc2)cc1. The van der Waals surface area contributed by atoms with Crippen LogP contribution in [0.25, 0.3) is 6.08 Å². The molecule has 0 radical (unpaired) electrons. The Kier molecular flexibility index (Phi) is 11.1. The molecule has 1 unspecified atom stereocenters. The number of methoxy groups -OCH3 is 1. The summed E-state index contributed by atoms with van der Waals surface area (Å²) in [4.78, 5) is 42.0. The summed E-state index contributed by atoms with van der Waals surface area (Å²) in [5, 5.41) is 8.53. The van der Waals surface area contributed by atoms with E-state index in [1.807, 2.05) is 61.5 Å². The first-order valence-electron chi connectivity index (χ1n) is 13.7. The molecule has 0 spiro atoms. The predicted molar refractivity (Wildman–Crippen MR) is 180 cm³/mol. The average molecular weight is 629 g/mol. The molecule has 10 heteroatoms. The highest BCUT2D eigenvalue weighted by atomic mass is 35.5. The Morgan fingerprint density at radius 1 is 0.886 bits per heavy atom. The van der Waals surface area contributed by atoms with Gasteiger partial charge >= 0.3 is 0 Å². The van der Waals surface area contributed by atoms with Gasteiger partial charge in [-0.3, -0.25) is 14.4 Å². The van der Waals surface area contributed by atoms with Crippen LogP contribution >= 0.6 is 23.4 Å². The smallest absolute Gasteiger partial charge is 0.272 e. The largest absolute Gasteiger partial charge is 0.495 e. The fourth-order valence-electron chi connectivity index (χ4n) is 4.06. The molecule has 0 saturated carbocycles. The number of halogens is 1. The molecule has 0 aliphatic carbocycles. The van der Waals surface area contributed by atoms with Crippen molar-refractivity contribution in [2.24, 2.45) is 0 Å². The van der Waals surface area contributed by atoms with Crippen molar-refractivity contribution in [3.8, 4) is 5.75 Å². The Balaban J connectivity index is 1.45. The van der Waals surface area contributed by atoms with Crippen LogP contribution in [0.2, 0.25) is 5.02 Å². The van der Waals surface area contributed by atoms with Crippen LogP contribution in [0.4, 0.5) is 17.1 Å². The van der Waals surface area contributed by atoms with E-state index < -0.39 is 17.1 Å². The standard InChI is InChI=1S/C34H33ClN4O4S/c1-22(32(40)37-29-21-25(35)12-19-31(29)43-4)44-28-17-13-26(14-18-28)36-34(42)30(38-33(41)24-8-6-5-7-9-24)20-23-10-15-27(16-11-23)39(2)3/h5-22H,1-4H3,(H,36,42)(H,37,40)(H,38,41)/b30-20-. The van der Waals surface area contributed by atoms with Gasteiger partial charge in [-0.1, -0.05) is 41.9 Å². The molecule has 0 bridgehead atoms. The van der Waals surface area contributed by atoms with Crippen LogP contribution in [-0.4, -0.2) is 44.2 Å². The zero-order chi connectivity index (χ0) is 31.6. The minimum atomic E-state index is -0.477. The van der Waals surface area contributed by atoms with Gasteiger partial charge in [-0.15, -0.1) is 11.8 Å². The summed E-state index contributed by atoms with van der Waals surface area (Å²) in [6, 6.07) is 28.5. The monoisotopic (exact) mass is 628 g/mol. The number of hydrogen-bond acceptors (Lipinski definition) is 6. The number of benzene rings is 4. The highest BCUT2D eigenvalue weighted by molar-refractivity contribution is 8.00. The van der Waals surface area contributed by atoms with E-state index in [1.54, 1.807) is 67.6 Å². The van der Waals surface area contributed by atoms with E-state index in [2.05, 4.69) is 16.0 Å². The van der Waals surface area contributed by atoms with Gasteiger partial charge < -0.3 is 25.6 Å². The van der Waals surface area contributed by atoms with Crippen LogP contribution in [0.1, 0.15) is 22.8 Å². The third-order valence-electron chi connectivity index (χ3n) is 6.46. The fraction of sp³-hybridized carbons (Fsp3) is 0.147. The summed E-state index contributed by atoms with van der Waals surface area (Å²) in [5.41, 5.74) is 3.31. The van der Waals surface area contributed by atoms with Crippen molar-refractivity contribution in [3.05, 3.63) is 119 Å². The Morgan fingerprint density at radius 2 is 1.57 bits per heavy atom. The van der Waals surface area contributed by atoms with Crippen LogP contribution < -0.4 is 25.6 Å². The van der Waals surface area contributed by atoms with Crippen molar-refractivity contribution in [1.29, 1.82) is 0 Å². The third kappa shape index (κ3) is 8.89. The summed E-state index contributed by atoms with van der Waals surface area (Å²) < 4.78 is 5.31. The zero-order valence-corrected chi connectivity index (χ0v) is 26.3. The lowest BCUT2D eigenvalue weighted by molar-refractivity contribution is -0.115. The van der Waals surface area contributed by atoms with E-state index >= 15 is 0 Å². The zero-order valence-electron chi connectivity index (χ0n) is 24.8. The van der Waals surface area contributed by atoms with E-state index in [0.29, 0.717) is 27.7 Å². The molecule has 3 amide bonds. The number of hydrogen-bond donors (Lipinski definition) is 3. The van der Waals surface area contributed by atoms with E-state index in [9.17, 15) is 14.4 Å². The molecule has 226 valence electrons. The normalized spacial score (nSPS) is 11.7. The molecule has 0 saturated heterocycles. The first kappa shape index (κ1) is 32.2. The van der Waals surface area contributed by atoms with Crippen LogP contribution in [0.15, 0.2) is 108 Å². The van der Waals surface area contributed by atoms with E-state index in [-0.39, 0.29) is 11.6 Å². The quantitative estimate of drug-likeness (QED) is 0.123. The molecule has 0 aliphatic rings. The maximum atomic E-state index is 13.4. The van der Waals surface area contributed by atoms with Gasteiger partial charge in [-0.05, 0) is 85.3 Å². The van der Waals surface area contributed by atoms with Crippen molar-refractivity contribution in [2.45, 2.75) is 17.1 Å². The molecule has 3 N–H and O–H groups in total. The highest BCUT2D eigenvalue weighted by Crippen LogP contribution is 2.30. The number of amides is 3. The average Bonchev–Trinajstić information content (AvgIpc) is 3.02. The molecular weight excluding hydrogens is 596 g/mol. The van der Waals surface area contributed by atoms with Crippen molar-refractivity contribution in [3.63, 3.8) is 0 Å². The summed E-state index contributed by atoms with van der Waals surface area (Å²) in [5.74, 6) is -0.574. The summed E-state index contributed by atoms with van der Waals surface area (Å²) in [6.45, 7) is 1.80. The second-order valence-corrected chi connectivity index (χ2v) is 11.8. The van der Waals surface area contributed by atoms with E-state index in [0.717, 1.165) is 16.1 Å². The lowest BCUT2D eigenvalue weighted by Crippen LogP contribution is -2.30. The van der Waals surface area contributed by atoms with E-state index in [1.165, 1.54) is 18.9 Å². The number of rotatable bonds is 11. The number of thioether (sulfide) groups is 1. The van der Waals surface area contributed by atoms with Gasteiger partial charge in [-0.25, -0.2) is 0 Å². The van der Waals surface area contributed by atoms with Gasteiger partial charge in [0.1, 0.15) is 11.4 Å². The Morgan fingerprint density at radius 3 is 2.20 bits per heavy atom. The highest BCUT2D eigenvalue weighted by Gasteiger charge is 2.18.